The third kappa shape index (κ3) is 3.91. The van der Waals surface area contributed by atoms with E-state index in [2.05, 4.69) is 50.2 Å². The molecular weight excluding hydrogens is 260 g/mol. The summed E-state index contributed by atoms with van der Waals surface area (Å²) in [6, 6.07) is 6.91. The standard InChI is InChI=1S/C18H30N2O/c1-5-19-14(3)17-11-10-16(12-18(17)21)20(4)15-8-6-13(2)7-9-15/h10-15,19,21H,5-9H2,1-4H3. The number of nitrogens with zero attached hydrogens (tertiary/aromatic N) is 1. The van der Waals surface area contributed by atoms with E-state index in [9.17, 15) is 5.11 Å². The lowest BCUT2D eigenvalue weighted by Gasteiger charge is -2.35. The molecule has 0 spiro atoms. The summed E-state index contributed by atoms with van der Waals surface area (Å²) in [5, 5.41) is 13.7. The largest absolute Gasteiger partial charge is 0.508 e. The van der Waals surface area contributed by atoms with Gasteiger partial charge in [-0.25, -0.2) is 0 Å². The van der Waals surface area contributed by atoms with E-state index in [-0.39, 0.29) is 6.04 Å². The Bertz CT molecular complexity index is 453. The van der Waals surface area contributed by atoms with E-state index in [1.54, 1.807) is 0 Å². The van der Waals surface area contributed by atoms with E-state index in [1.807, 2.05) is 6.07 Å². The highest BCUT2D eigenvalue weighted by molar-refractivity contribution is 5.54. The van der Waals surface area contributed by atoms with E-state index in [1.165, 1.54) is 25.7 Å². The van der Waals surface area contributed by atoms with Crippen molar-refractivity contribution < 1.29 is 5.11 Å². The molecule has 1 aromatic carbocycles. The van der Waals surface area contributed by atoms with Gasteiger partial charge in [-0.15, -0.1) is 0 Å². The predicted octanol–water partition coefficient (Wildman–Crippen LogP) is 4.08. The van der Waals surface area contributed by atoms with Gasteiger partial charge in [0.25, 0.3) is 0 Å². The molecule has 1 atom stereocenters. The average molecular weight is 290 g/mol. The smallest absolute Gasteiger partial charge is 0.122 e. The number of nitrogens with one attached hydrogen (secondary N) is 1. The van der Waals surface area contributed by atoms with Crippen molar-refractivity contribution in [3.8, 4) is 5.75 Å². The molecule has 3 nitrogen and oxygen atoms in total. The number of rotatable bonds is 5. The Morgan fingerprint density at radius 2 is 1.95 bits per heavy atom. The first-order valence-electron chi connectivity index (χ1n) is 8.32. The highest BCUT2D eigenvalue weighted by Gasteiger charge is 2.22. The SMILES string of the molecule is CCNC(C)c1ccc(N(C)C2CCC(C)CC2)cc1O. The molecule has 0 amide bonds. The Balaban J connectivity index is 2.08. The molecule has 1 unspecified atom stereocenters. The molecule has 1 fully saturated rings. The number of aromatic hydroxyl groups is 1. The molecular formula is C18H30N2O. The predicted molar refractivity (Wildman–Crippen MR) is 90.0 cm³/mol. The first-order chi connectivity index (χ1) is 10.0. The van der Waals surface area contributed by atoms with Crippen molar-refractivity contribution in [3.05, 3.63) is 23.8 Å². The minimum atomic E-state index is 0.185. The normalized spacial score (nSPS) is 23.8. The molecule has 0 aromatic heterocycles. The van der Waals surface area contributed by atoms with Crippen LogP contribution in [-0.4, -0.2) is 24.7 Å². The molecule has 1 saturated carbocycles. The lowest BCUT2D eigenvalue weighted by Crippen LogP contribution is -2.34. The Morgan fingerprint density at radius 1 is 1.29 bits per heavy atom. The van der Waals surface area contributed by atoms with Crippen LogP contribution in [-0.2, 0) is 0 Å². The van der Waals surface area contributed by atoms with Gasteiger partial charge in [-0.2, -0.15) is 0 Å². The van der Waals surface area contributed by atoms with Gasteiger partial charge in [0.1, 0.15) is 5.75 Å². The van der Waals surface area contributed by atoms with Crippen molar-refractivity contribution in [1.82, 2.24) is 5.32 Å². The lowest BCUT2D eigenvalue weighted by atomic mass is 9.86. The van der Waals surface area contributed by atoms with Gasteiger partial charge in [-0.1, -0.05) is 19.9 Å². The summed E-state index contributed by atoms with van der Waals surface area (Å²) < 4.78 is 0. The van der Waals surface area contributed by atoms with Gasteiger partial charge >= 0.3 is 0 Å². The maximum Gasteiger partial charge on any atom is 0.122 e. The molecule has 118 valence electrons. The summed E-state index contributed by atoms with van der Waals surface area (Å²) in [6.45, 7) is 7.42. The van der Waals surface area contributed by atoms with Crippen LogP contribution in [0.3, 0.4) is 0 Å². The minimum Gasteiger partial charge on any atom is -0.508 e. The second kappa shape index (κ2) is 7.17. The third-order valence-corrected chi connectivity index (χ3v) is 4.93. The Kier molecular flexibility index (Phi) is 5.51. The summed E-state index contributed by atoms with van der Waals surface area (Å²) in [5.74, 6) is 1.27. The molecule has 21 heavy (non-hydrogen) atoms. The van der Waals surface area contributed by atoms with Crippen molar-refractivity contribution in [2.75, 3.05) is 18.5 Å². The van der Waals surface area contributed by atoms with Crippen LogP contribution in [0.2, 0.25) is 0 Å². The molecule has 0 bridgehead atoms. The summed E-state index contributed by atoms with van der Waals surface area (Å²) in [7, 11) is 2.16. The van der Waals surface area contributed by atoms with Gasteiger partial charge < -0.3 is 15.3 Å². The van der Waals surface area contributed by atoms with Crippen molar-refractivity contribution in [2.45, 2.75) is 58.5 Å². The van der Waals surface area contributed by atoms with Gasteiger partial charge in [0.2, 0.25) is 0 Å². The first-order valence-corrected chi connectivity index (χ1v) is 8.32. The van der Waals surface area contributed by atoms with E-state index >= 15 is 0 Å². The monoisotopic (exact) mass is 290 g/mol. The number of hydrogen-bond acceptors (Lipinski definition) is 3. The lowest BCUT2D eigenvalue weighted by molar-refractivity contribution is 0.340. The van der Waals surface area contributed by atoms with Gasteiger partial charge in [-0.05, 0) is 51.1 Å². The highest BCUT2D eigenvalue weighted by atomic mass is 16.3. The van der Waals surface area contributed by atoms with Crippen LogP contribution in [0.15, 0.2) is 18.2 Å². The molecule has 0 radical (unpaired) electrons. The van der Waals surface area contributed by atoms with Crippen LogP contribution in [0, 0.1) is 5.92 Å². The van der Waals surface area contributed by atoms with Crippen LogP contribution < -0.4 is 10.2 Å². The molecule has 1 aromatic rings. The van der Waals surface area contributed by atoms with Crippen molar-refractivity contribution in [2.24, 2.45) is 5.92 Å². The topological polar surface area (TPSA) is 35.5 Å². The van der Waals surface area contributed by atoms with E-state index in [0.29, 0.717) is 11.8 Å². The zero-order valence-electron chi connectivity index (χ0n) is 13.9. The number of benzene rings is 1. The van der Waals surface area contributed by atoms with Crippen molar-refractivity contribution in [1.29, 1.82) is 0 Å². The molecule has 1 aliphatic rings. The molecule has 0 saturated heterocycles. The number of hydrogen-bond donors (Lipinski definition) is 2. The van der Waals surface area contributed by atoms with E-state index in [4.69, 9.17) is 0 Å². The van der Waals surface area contributed by atoms with Crippen LogP contribution in [0.4, 0.5) is 5.69 Å². The zero-order valence-corrected chi connectivity index (χ0v) is 13.9. The van der Waals surface area contributed by atoms with Crippen molar-refractivity contribution in [3.63, 3.8) is 0 Å². The highest BCUT2D eigenvalue weighted by Crippen LogP contribution is 2.33. The minimum absolute atomic E-state index is 0.185. The Hall–Kier alpha value is -1.22. The van der Waals surface area contributed by atoms with Gasteiger partial charge in [0.15, 0.2) is 0 Å². The average Bonchev–Trinajstić information content (AvgIpc) is 2.47. The maximum atomic E-state index is 10.3. The summed E-state index contributed by atoms with van der Waals surface area (Å²) in [4.78, 5) is 2.34. The molecule has 3 heteroatoms. The Morgan fingerprint density at radius 3 is 2.52 bits per heavy atom. The second-order valence-corrected chi connectivity index (χ2v) is 6.55. The second-order valence-electron chi connectivity index (χ2n) is 6.55. The van der Waals surface area contributed by atoms with Crippen molar-refractivity contribution >= 4 is 5.69 Å². The fourth-order valence-corrected chi connectivity index (χ4v) is 3.37. The Labute approximate surface area is 129 Å². The van der Waals surface area contributed by atoms with E-state index < -0.39 is 0 Å². The first kappa shape index (κ1) is 16.2. The van der Waals surface area contributed by atoms with E-state index in [0.717, 1.165) is 23.7 Å². The summed E-state index contributed by atoms with van der Waals surface area (Å²) in [5.41, 5.74) is 2.10. The van der Waals surface area contributed by atoms with Gasteiger partial charge in [0.05, 0.1) is 0 Å². The molecule has 0 heterocycles. The maximum absolute atomic E-state index is 10.3. The zero-order chi connectivity index (χ0) is 15.4. The third-order valence-electron chi connectivity index (χ3n) is 4.93. The number of phenolic OH excluding ortho intramolecular Hbond substituents is 1. The quantitative estimate of drug-likeness (QED) is 0.858. The molecule has 0 aliphatic heterocycles. The molecule has 1 aliphatic carbocycles. The molecule has 2 N–H and O–H groups in total. The van der Waals surface area contributed by atoms with Crippen LogP contribution >= 0.6 is 0 Å². The summed E-state index contributed by atoms with van der Waals surface area (Å²) in [6.07, 6.45) is 5.15. The van der Waals surface area contributed by atoms with Crippen LogP contribution in [0.25, 0.3) is 0 Å². The molecule has 2 rings (SSSR count). The summed E-state index contributed by atoms with van der Waals surface area (Å²) >= 11 is 0. The van der Waals surface area contributed by atoms with Crippen LogP contribution in [0.5, 0.6) is 5.75 Å². The van der Waals surface area contributed by atoms with Gasteiger partial charge in [-0.3, -0.25) is 0 Å². The fraction of sp³-hybridized carbons (Fsp3) is 0.667. The number of phenols is 1. The van der Waals surface area contributed by atoms with Gasteiger partial charge in [0, 0.05) is 36.4 Å². The number of anilines is 1. The van der Waals surface area contributed by atoms with Crippen LogP contribution in [0.1, 0.15) is 58.1 Å². The fourth-order valence-electron chi connectivity index (χ4n) is 3.37.